The minimum absolute atomic E-state index is 0.330. The van der Waals surface area contributed by atoms with E-state index in [9.17, 15) is 0 Å². The maximum absolute atomic E-state index is 5.72. The zero-order valence-corrected chi connectivity index (χ0v) is 10.9. The van der Waals surface area contributed by atoms with Gasteiger partial charge in [0, 0.05) is 18.8 Å². The number of nitrogens with zero attached hydrogens (tertiary/aromatic N) is 3. The first-order valence-corrected chi connectivity index (χ1v) is 5.99. The molecule has 2 rings (SSSR count). The third kappa shape index (κ3) is 3.07. The smallest absolute Gasteiger partial charge is 0.165 e. The van der Waals surface area contributed by atoms with E-state index >= 15 is 0 Å². The minimum Gasteiger partial charge on any atom is -0.452 e. The summed E-state index contributed by atoms with van der Waals surface area (Å²) in [5.74, 6) is 1.46. The van der Waals surface area contributed by atoms with Crippen LogP contribution in [0.25, 0.3) is 0 Å². The van der Waals surface area contributed by atoms with Crippen molar-refractivity contribution in [2.75, 3.05) is 7.05 Å². The van der Waals surface area contributed by atoms with E-state index in [0.717, 1.165) is 23.6 Å². The Kier molecular flexibility index (Phi) is 3.94. The Bertz CT molecular complexity index is 507. The van der Waals surface area contributed by atoms with Crippen LogP contribution in [-0.2, 0) is 6.54 Å². The molecule has 2 aromatic rings. The van der Waals surface area contributed by atoms with E-state index in [1.54, 1.807) is 12.4 Å². The van der Waals surface area contributed by atoms with Gasteiger partial charge in [-0.25, -0.2) is 0 Å². The molecule has 2 heterocycles. The van der Waals surface area contributed by atoms with E-state index in [-0.39, 0.29) is 0 Å². The summed E-state index contributed by atoms with van der Waals surface area (Å²) in [6, 6.07) is 2.30. The molecule has 0 amide bonds. The fraction of sp³-hybridized carbons (Fsp3) is 0.385. The van der Waals surface area contributed by atoms with Crippen molar-refractivity contribution >= 4 is 0 Å². The third-order valence-corrected chi connectivity index (χ3v) is 2.49. The number of aromatic nitrogens is 3. The normalized spacial score (nSPS) is 10.9. The van der Waals surface area contributed by atoms with Gasteiger partial charge in [0.05, 0.1) is 18.6 Å². The summed E-state index contributed by atoms with van der Waals surface area (Å²) in [5, 5.41) is 7.31. The highest BCUT2D eigenvalue weighted by molar-refractivity contribution is 5.28. The molecule has 0 atom stereocenters. The SMILES string of the molecule is CNCc1cncc(Oc2cnn(C(C)C)c2)c1. The summed E-state index contributed by atoms with van der Waals surface area (Å²) >= 11 is 0. The van der Waals surface area contributed by atoms with Gasteiger partial charge in [-0.15, -0.1) is 0 Å². The second kappa shape index (κ2) is 5.64. The van der Waals surface area contributed by atoms with Gasteiger partial charge in [0.1, 0.15) is 5.75 Å². The van der Waals surface area contributed by atoms with Crippen molar-refractivity contribution in [2.45, 2.75) is 26.4 Å². The Morgan fingerprint density at radius 2 is 2.11 bits per heavy atom. The van der Waals surface area contributed by atoms with Crippen molar-refractivity contribution < 1.29 is 4.74 Å². The van der Waals surface area contributed by atoms with Crippen molar-refractivity contribution in [3.63, 3.8) is 0 Å². The number of nitrogens with one attached hydrogen (secondary N) is 1. The predicted molar refractivity (Wildman–Crippen MR) is 69.7 cm³/mol. The Hall–Kier alpha value is -1.88. The number of hydrogen-bond acceptors (Lipinski definition) is 4. The van der Waals surface area contributed by atoms with Crippen LogP contribution >= 0.6 is 0 Å². The number of pyridine rings is 1. The van der Waals surface area contributed by atoms with Crippen molar-refractivity contribution in [2.24, 2.45) is 0 Å². The molecule has 18 heavy (non-hydrogen) atoms. The third-order valence-electron chi connectivity index (χ3n) is 2.49. The average Bonchev–Trinajstić information content (AvgIpc) is 2.78. The molecule has 0 aliphatic rings. The molecule has 0 aliphatic carbocycles. The summed E-state index contributed by atoms with van der Waals surface area (Å²) < 4.78 is 7.58. The van der Waals surface area contributed by atoms with E-state index in [4.69, 9.17) is 4.74 Å². The number of hydrogen-bond donors (Lipinski definition) is 1. The van der Waals surface area contributed by atoms with Crippen LogP contribution in [0, 0.1) is 0 Å². The van der Waals surface area contributed by atoms with Gasteiger partial charge in [-0.1, -0.05) is 0 Å². The zero-order valence-electron chi connectivity index (χ0n) is 10.9. The van der Waals surface area contributed by atoms with Crippen LogP contribution in [0.2, 0.25) is 0 Å². The first kappa shape index (κ1) is 12.6. The molecule has 5 nitrogen and oxygen atoms in total. The molecule has 0 bridgehead atoms. The lowest BCUT2D eigenvalue weighted by molar-refractivity contribution is 0.474. The average molecular weight is 246 g/mol. The highest BCUT2D eigenvalue weighted by Gasteiger charge is 2.04. The van der Waals surface area contributed by atoms with Crippen LogP contribution < -0.4 is 10.1 Å². The van der Waals surface area contributed by atoms with Gasteiger partial charge >= 0.3 is 0 Å². The first-order chi connectivity index (χ1) is 8.69. The summed E-state index contributed by atoms with van der Waals surface area (Å²) in [4.78, 5) is 4.15. The van der Waals surface area contributed by atoms with Crippen LogP contribution in [0.5, 0.6) is 11.5 Å². The summed E-state index contributed by atoms with van der Waals surface area (Å²) in [6.07, 6.45) is 7.12. The van der Waals surface area contributed by atoms with E-state index in [0.29, 0.717) is 6.04 Å². The van der Waals surface area contributed by atoms with Crippen molar-refractivity contribution in [1.82, 2.24) is 20.1 Å². The van der Waals surface area contributed by atoms with Gasteiger partial charge in [0.15, 0.2) is 5.75 Å². The van der Waals surface area contributed by atoms with Crippen molar-refractivity contribution in [3.8, 4) is 11.5 Å². The van der Waals surface area contributed by atoms with Crippen molar-refractivity contribution in [1.29, 1.82) is 0 Å². The standard InChI is InChI=1S/C13H18N4O/c1-10(2)17-9-13(8-16-17)18-12-4-11(5-14-3)6-15-7-12/h4,6-10,14H,5H2,1-3H3. The highest BCUT2D eigenvalue weighted by Crippen LogP contribution is 2.21. The van der Waals surface area contributed by atoms with Gasteiger partial charge in [0.25, 0.3) is 0 Å². The molecule has 0 aromatic carbocycles. The summed E-state index contributed by atoms with van der Waals surface area (Å²) in [7, 11) is 1.90. The first-order valence-electron chi connectivity index (χ1n) is 5.99. The molecule has 0 radical (unpaired) electrons. The molecule has 96 valence electrons. The van der Waals surface area contributed by atoms with Crippen LogP contribution in [-0.4, -0.2) is 21.8 Å². The van der Waals surface area contributed by atoms with Crippen LogP contribution in [0.15, 0.2) is 30.9 Å². The molecule has 0 spiro atoms. The monoisotopic (exact) mass is 246 g/mol. The van der Waals surface area contributed by atoms with Gasteiger partial charge in [0.2, 0.25) is 0 Å². The molecular weight excluding hydrogens is 228 g/mol. The zero-order chi connectivity index (χ0) is 13.0. The van der Waals surface area contributed by atoms with Gasteiger partial charge < -0.3 is 10.1 Å². The summed E-state index contributed by atoms with van der Waals surface area (Å²) in [6.45, 7) is 4.92. The molecular formula is C13H18N4O. The quantitative estimate of drug-likeness (QED) is 0.880. The lowest BCUT2D eigenvalue weighted by atomic mass is 10.3. The molecule has 0 saturated heterocycles. The van der Waals surface area contributed by atoms with Crippen LogP contribution in [0.1, 0.15) is 25.5 Å². The van der Waals surface area contributed by atoms with Crippen molar-refractivity contribution in [3.05, 3.63) is 36.4 Å². The fourth-order valence-electron chi connectivity index (χ4n) is 1.61. The Morgan fingerprint density at radius 3 is 2.78 bits per heavy atom. The Balaban J connectivity index is 2.10. The molecule has 0 fully saturated rings. The van der Waals surface area contributed by atoms with Crippen LogP contribution in [0.4, 0.5) is 0 Å². The lowest BCUT2D eigenvalue weighted by Crippen LogP contribution is -2.05. The number of ether oxygens (including phenoxy) is 1. The van der Waals surface area contributed by atoms with Crippen LogP contribution in [0.3, 0.4) is 0 Å². The van der Waals surface area contributed by atoms with Gasteiger partial charge in [-0.05, 0) is 32.5 Å². The van der Waals surface area contributed by atoms with E-state index < -0.39 is 0 Å². The van der Waals surface area contributed by atoms with E-state index in [2.05, 4.69) is 29.2 Å². The van der Waals surface area contributed by atoms with Gasteiger partial charge in [-0.2, -0.15) is 5.10 Å². The summed E-state index contributed by atoms with van der Waals surface area (Å²) in [5.41, 5.74) is 1.09. The Labute approximate surface area is 107 Å². The Morgan fingerprint density at radius 1 is 1.28 bits per heavy atom. The second-order valence-corrected chi connectivity index (χ2v) is 4.41. The molecule has 0 saturated carbocycles. The second-order valence-electron chi connectivity index (χ2n) is 4.41. The maximum Gasteiger partial charge on any atom is 0.165 e. The molecule has 0 aliphatic heterocycles. The fourth-order valence-corrected chi connectivity index (χ4v) is 1.61. The molecule has 2 aromatic heterocycles. The van der Waals surface area contributed by atoms with E-state index in [1.165, 1.54) is 0 Å². The number of rotatable bonds is 5. The molecule has 1 N–H and O–H groups in total. The van der Waals surface area contributed by atoms with Gasteiger partial charge in [-0.3, -0.25) is 9.67 Å². The topological polar surface area (TPSA) is 52.0 Å². The maximum atomic E-state index is 5.72. The minimum atomic E-state index is 0.330. The largest absolute Gasteiger partial charge is 0.452 e. The van der Waals surface area contributed by atoms with E-state index in [1.807, 2.05) is 30.2 Å². The molecule has 5 heteroatoms. The predicted octanol–water partition coefficient (Wildman–Crippen LogP) is 2.37. The lowest BCUT2D eigenvalue weighted by Gasteiger charge is -2.05. The highest BCUT2D eigenvalue weighted by atomic mass is 16.5. The molecule has 0 unspecified atom stereocenters.